The zero-order valence-electron chi connectivity index (χ0n) is 17.7. The van der Waals surface area contributed by atoms with Crippen LogP contribution in [0.3, 0.4) is 0 Å². The average molecular weight is 425 g/mol. The highest BCUT2D eigenvalue weighted by Crippen LogP contribution is 2.33. The van der Waals surface area contributed by atoms with Crippen LogP contribution in [0, 0.1) is 19.3 Å². The first-order valence-electron chi connectivity index (χ1n) is 9.62. The Hall–Kier alpha value is -3.24. The van der Waals surface area contributed by atoms with Crippen LogP contribution in [0.2, 0.25) is 0 Å². The number of aliphatic hydroxyl groups is 1. The van der Waals surface area contributed by atoms with Crippen molar-refractivity contribution in [3.8, 4) is 0 Å². The maximum atomic E-state index is 13.2. The van der Waals surface area contributed by atoms with Crippen LogP contribution < -0.4 is 5.32 Å². The van der Waals surface area contributed by atoms with Gasteiger partial charge in [0.2, 0.25) is 11.9 Å². The number of hydrogen-bond acceptors (Lipinski definition) is 3. The number of carbonyl (C=O) groups is 1. The standard InChI is InChI=1S/C23H25FN4O2.CH4/c1-14-11-18-19(12-17(14)25-6)28(22(2,3)4)21(26-18)27-20(29)13-23(5,30)15-7-9-16(24)10-8-15;/h7-12,30H,13H2,1-5H3,(H,26,27,29);1H4/t23-;/m0./s1. The summed E-state index contributed by atoms with van der Waals surface area (Å²) < 4.78 is 15.1. The van der Waals surface area contributed by atoms with Gasteiger partial charge in [0, 0.05) is 5.54 Å². The number of benzene rings is 2. The topological polar surface area (TPSA) is 71.5 Å². The molecular weight excluding hydrogens is 395 g/mol. The first-order chi connectivity index (χ1) is 13.9. The third-order valence-corrected chi connectivity index (χ3v) is 4.99. The monoisotopic (exact) mass is 424 g/mol. The lowest BCUT2D eigenvalue weighted by Crippen LogP contribution is -2.31. The second kappa shape index (κ2) is 8.48. The molecule has 2 aromatic carbocycles. The molecule has 6 nitrogen and oxygen atoms in total. The number of carbonyl (C=O) groups excluding carboxylic acids is 1. The fraction of sp³-hybridized carbons (Fsp3) is 0.375. The number of anilines is 1. The summed E-state index contributed by atoms with van der Waals surface area (Å²) in [7, 11) is 0. The third-order valence-electron chi connectivity index (χ3n) is 4.99. The normalized spacial score (nSPS) is 13.2. The van der Waals surface area contributed by atoms with Crippen LogP contribution in [0.15, 0.2) is 36.4 Å². The molecule has 1 atom stereocenters. The molecule has 0 bridgehead atoms. The molecule has 0 radical (unpaired) electrons. The molecule has 2 N–H and O–H groups in total. The van der Waals surface area contributed by atoms with Gasteiger partial charge in [0.15, 0.2) is 5.69 Å². The zero-order valence-corrected chi connectivity index (χ0v) is 17.7. The number of hydrogen-bond donors (Lipinski definition) is 2. The molecule has 0 unspecified atom stereocenters. The minimum absolute atomic E-state index is 0. The number of halogens is 1. The first-order valence-corrected chi connectivity index (χ1v) is 9.62. The van der Waals surface area contributed by atoms with Crippen LogP contribution in [-0.4, -0.2) is 20.6 Å². The number of amides is 1. The molecule has 1 amide bonds. The predicted molar refractivity (Wildman–Crippen MR) is 122 cm³/mol. The summed E-state index contributed by atoms with van der Waals surface area (Å²) in [6.45, 7) is 16.7. The highest BCUT2D eigenvalue weighted by atomic mass is 19.1. The fourth-order valence-corrected chi connectivity index (χ4v) is 3.49. The Balaban J connectivity index is 0.00000341. The summed E-state index contributed by atoms with van der Waals surface area (Å²) in [4.78, 5) is 20.9. The van der Waals surface area contributed by atoms with E-state index in [1.165, 1.54) is 31.2 Å². The summed E-state index contributed by atoms with van der Waals surface area (Å²) in [5.41, 5.74) is 1.34. The molecule has 0 spiro atoms. The van der Waals surface area contributed by atoms with Gasteiger partial charge in [-0.15, -0.1) is 0 Å². The number of nitrogens with zero attached hydrogens (tertiary/aromatic N) is 3. The Bertz CT molecular complexity index is 1150. The van der Waals surface area contributed by atoms with Gasteiger partial charge in [0.1, 0.15) is 5.82 Å². The van der Waals surface area contributed by atoms with Crippen molar-refractivity contribution < 1.29 is 14.3 Å². The number of fused-ring (bicyclic) bond motifs is 1. The molecular formula is C24H29FN4O2. The summed E-state index contributed by atoms with van der Waals surface area (Å²) in [6.07, 6.45) is -0.224. The van der Waals surface area contributed by atoms with E-state index in [9.17, 15) is 14.3 Å². The van der Waals surface area contributed by atoms with Crippen LogP contribution in [-0.2, 0) is 15.9 Å². The van der Waals surface area contributed by atoms with E-state index in [4.69, 9.17) is 6.57 Å². The molecule has 0 aliphatic heterocycles. The second-order valence-electron chi connectivity index (χ2n) is 8.69. The lowest BCUT2D eigenvalue weighted by molar-refractivity contribution is -0.120. The number of imidazole rings is 1. The van der Waals surface area contributed by atoms with Crippen LogP contribution in [0.4, 0.5) is 16.0 Å². The highest BCUT2D eigenvalue weighted by molar-refractivity contribution is 5.93. The van der Waals surface area contributed by atoms with Gasteiger partial charge in [-0.05, 0) is 70.0 Å². The SMILES string of the molecule is C.[C-]#[N+]c1cc2c(cc1C)nc(NC(=O)C[C@](C)(O)c1ccc(F)cc1)n2C(C)(C)C. The van der Waals surface area contributed by atoms with E-state index in [0.29, 0.717) is 22.7 Å². The quantitative estimate of drug-likeness (QED) is 0.531. The molecule has 31 heavy (non-hydrogen) atoms. The first kappa shape index (κ1) is 24.0. The molecule has 0 fully saturated rings. The number of aryl methyl sites for hydroxylation is 1. The summed E-state index contributed by atoms with van der Waals surface area (Å²) in [6, 6.07) is 9.02. The number of nitrogens with one attached hydrogen (secondary N) is 1. The van der Waals surface area contributed by atoms with E-state index in [-0.39, 0.29) is 13.8 Å². The molecule has 0 aliphatic carbocycles. The van der Waals surface area contributed by atoms with E-state index in [2.05, 4.69) is 15.1 Å². The van der Waals surface area contributed by atoms with Gasteiger partial charge in [0.25, 0.3) is 0 Å². The molecule has 1 aromatic heterocycles. The molecule has 7 heteroatoms. The lowest BCUT2D eigenvalue weighted by Gasteiger charge is -2.26. The van der Waals surface area contributed by atoms with Crippen molar-refractivity contribution in [1.29, 1.82) is 0 Å². The van der Waals surface area contributed by atoms with Crippen LogP contribution in [0.1, 0.15) is 52.7 Å². The summed E-state index contributed by atoms with van der Waals surface area (Å²) >= 11 is 0. The van der Waals surface area contributed by atoms with Crippen molar-refractivity contribution in [2.45, 2.75) is 59.6 Å². The Morgan fingerprint density at radius 2 is 1.84 bits per heavy atom. The van der Waals surface area contributed by atoms with Crippen molar-refractivity contribution in [2.75, 3.05) is 5.32 Å². The van der Waals surface area contributed by atoms with Gasteiger partial charge < -0.3 is 9.67 Å². The molecule has 0 saturated carbocycles. The van der Waals surface area contributed by atoms with Gasteiger partial charge >= 0.3 is 0 Å². The van der Waals surface area contributed by atoms with Crippen molar-refractivity contribution in [2.24, 2.45) is 0 Å². The van der Waals surface area contributed by atoms with E-state index < -0.39 is 22.9 Å². The van der Waals surface area contributed by atoms with Crippen molar-refractivity contribution in [3.05, 3.63) is 64.8 Å². The summed E-state index contributed by atoms with van der Waals surface area (Å²) in [5.74, 6) is -0.488. The Labute approximate surface area is 182 Å². The third kappa shape index (κ3) is 4.92. The van der Waals surface area contributed by atoms with Crippen LogP contribution >= 0.6 is 0 Å². The molecule has 0 saturated heterocycles. The lowest BCUT2D eigenvalue weighted by atomic mass is 9.92. The predicted octanol–water partition coefficient (Wildman–Crippen LogP) is 5.66. The molecule has 1 heterocycles. The molecule has 3 rings (SSSR count). The zero-order chi connectivity index (χ0) is 22.3. The molecule has 164 valence electrons. The largest absolute Gasteiger partial charge is 0.385 e. The van der Waals surface area contributed by atoms with E-state index in [0.717, 1.165) is 11.1 Å². The number of rotatable bonds is 4. The Morgan fingerprint density at radius 3 is 2.39 bits per heavy atom. The number of aromatic nitrogens is 2. The molecule has 0 aliphatic rings. The highest BCUT2D eigenvalue weighted by Gasteiger charge is 2.29. The van der Waals surface area contributed by atoms with E-state index in [1.54, 1.807) is 6.07 Å². The van der Waals surface area contributed by atoms with Gasteiger partial charge in [0.05, 0.1) is 29.6 Å². The van der Waals surface area contributed by atoms with Gasteiger partial charge in [-0.25, -0.2) is 14.2 Å². The second-order valence-corrected chi connectivity index (χ2v) is 8.69. The average Bonchev–Trinajstić information content (AvgIpc) is 2.97. The maximum Gasteiger partial charge on any atom is 0.229 e. The maximum absolute atomic E-state index is 13.2. The van der Waals surface area contributed by atoms with E-state index >= 15 is 0 Å². The van der Waals surface area contributed by atoms with Crippen molar-refractivity contribution in [3.63, 3.8) is 0 Å². The van der Waals surface area contributed by atoms with Gasteiger partial charge in [-0.1, -0.05) is 19.6 Å². The van der Waals surface area contributed by atoms with Crippen LogP contribution in [0.25, 0.3) is 15.9 Å². The minimum Gasteiger partial charge on any atom is -0.385 e. The Morgan fingerprint density at radius 1 is 1.23 bits per heavy atom. The Kier molecular flexibility index (Phi) is 6.57. The minimum atomic E-state index is -1.47. The summed E-state index contributed by atoms with van der Waals surface area (Å²) in [5, 5.41) is 13.6. The van der Waals surface area contributed by atoms with E-state index in [1.807, 2.05) is 38.3 Å². The van der Waals surface area contributed by atoms with Gasteiger partial charge in [-0.2, -0.15) is 0 Å². The smallest absolute Gasteiger partial charge is 0.229 e. The molecule has 3 aromatic rings. The van der Waals surface area contributed by atoms with Crippen molar-refractivity contribution >= 4 is 28.6 Å². The van der Waals surface area contributed by atoms with Crippen molar-refractivity contribution in [1.82, 2.24) is 9.55 Å². The van der Waals surface area contributed by atoms with Gasteiger partial charge in [-0.3, -0.25) is 10.1 Å². The van der Waals surface area contributed by atoms with Crippen LogP contribution in [0.5, 0.6) is 0 Å². The fourth-order valence-electron chi connectivity index (χ4n) is 3.49.